The van der Waals surface area contributed by atoms with Crippen molar-refractivity contribution in [3.05, 3.63) is 23.9 Å². The molecule has 100 valence electrons. The average molecular weight is 250 g/mol. The van der Waals surface area contributed by atoms with E-state index in [4.69, 9.17) is 11.5 Å². The molecular formula is C13H22N4O. The SMILES string of the molecule is CCC(CC)C(N)CNc1ncccc1C(N)=O. The van der Waals surface area contributed by atoms with Crippen molar-refractivity contribution in [1.82, 2.24) is 4.98 Å². The Bertz CT molecular complexity index is 390. The normalized spacial score (nSPS) is 12.4. The second kappa shape index (κ2) is 6.96. The highest BCUT2D eigenvalue weighted by molar-refractivity contribution is 5.97. The summed E-state index contributed by atoms with van der Waals surface area (Å²) in [6.07, 6.45) is 3.71. The van der Waals surface area contributed by atoms with E-state index in [1.807, 2.05) is 0 Å². The van der Waals surface area contributed by atoms with Gasteiger partial charge < -0.3 is 16.8 Å². The molecular weight excluding hydrogens is 228 g/mol. The highest BCUT2D eigenvalue weighted by atomic mass is 16.1. The van der Waals surface area contributed by atoms with Gasteiger partial charge >= 0.3 is 0 Å². The summed E-state index contributed by atoms with van der Waals surface area (Å²) in [4.78, 5) is 15.3. The number of anilines is 1. The lowest BCUT2D eigenvalue weighted by Gasteiger charge is -2.22. The quantitative estimate of drug-likeness (QED) is 0.681. The van der Waals surface area contributed by atoms with Crippen LogP contribution < -0.4 is 16.8 Å². The number of pyridine rings is 1. The Morgan fingerprint density at radius 2 is 2.11 bits per heavy atom. The third kappa shape index (κ3) is 3.70. The fourth-order valence-electron chi connectivity index (χ4n) is 2.02. The molecule has 0 radical (unpaired) electrons. The van der Waals surface area contributed by atoms with E-state index >= 15 is 0 Å². The van der Waals surface area contributed by atoms with Crippen molar-refractivity contribution >= 4 is 11.7 Å². The highest BCUT2D eigenvalue weighted by Crippen LogP contribution is 2.14. The number of amides is 1. The lowest BCUT2D eigenvalue weighted by atomic mass is 9.95. The van der Waals surface area contributed by atoms with Crippen LogP contribution in [-0.4, -0.2) is 23.5 Å². The Morgan fingerprint density at radius 3 is 2.67 bits per heavy atom. The van der Waals surface area contributed by atoms with E-state index in [2.05, 4.69) is 24.1 Å². The van der Waals surface area contributed by atoms with E-state index < -0.39 is 5.91 Å². The molecule has 0 aliphatic heterocycles. The molecule has 5 nitrogen and oxygen atoms in total. The fourth-order valence-corrected chi connectivity index (χ4v) is 2.02. The van der Waals surface area contributed by atoms with Crippen molar-refractivity contribution in [2.45, 2.75) is 32.7 Å². The van der Waals surface area contributed by atoms with Crippen molar-refractivity contribution in [3.63, 3.8) is 0 Å². The lowest BCUT2D eigenvalue weighted by molar-refractivity contribution is 0.100. The van der Waals surface area contributed by atoms with Crippen molar-refractivity contribution in [2.24, 2.45) is 17.4 Å². The van der Waals surface area contributed by atoms with Crippen LogP contribution >= 0.6 is 0 Å². The van der Waals surface area contributed by atoms with E-state index in [9.17, 15) is 4.79 Å². The maximum atomic E-state index is 11.2. The Balaban J connectivity index is 2.66. The van der Waals surface area contributed by atoms with E-state index in [1.54, 1.807) is 18.3 Å². The van der Waals surface area contributed by atoms with Gasteiger partial charge in [0.05, 0.1) is 5.56 Å². The molecule has 0 saturated heterocycles. The van der Waals surface area contributed by atoms with Gasteiger partial charge in [-0.3, -0.25) is 4.79 Å². The summed E-state index contributed by atoms with van der Waals surface area (Å²) in [5, 5.41) is 3.11. The molecule has 0 aliphatic carbocycles. The third-order valence-corrected chi connectivity index (χ3v) is 3.23. The van der Waals surface area contributed by atoms with Gasteiger partial charge in [-0.1, -0.05) is 26.7 Å². The zero-order chi connectivity index (χ0) is 13.5. The number of primary amides is 1. The fraction of sp³-hybridized carbons (Fsp3) is 0.538. The number of hydrogen-bond donors (Lipinski definition) is 3. The number of carbonyl (C=O) groups excluding carboxylic acids is 1. The van der Waals surface area contributed by atoms with Crippen molar-refractivity contribution in [2.75, 3.05) is 11.9 Å². The van der Waals surface area contributed by atoms with Gasteiger partial charge in [0.15, 0.2) is 0 Å². The van der Waals surface area contributed by atoms with Crippen LogP contribution in [0.4, 0.5) is 5.82 Å². The second-order valence-electron chi connectivity index (χ2n) is 4.39. The van der Waals surface area contributed by atoms with Crippen LogP contribution in [0.2, 0.25) is 0 Å². The lowest BCUT2D eigenvalue weighted by Crippen LogP contribution is -2.36. The minimum atomic E-state index is -0.485. The molecule has 1 aromatic rings. The molecule has 1 aromatic heterocycles. The van der Waals surface area contributed by atoms with Crippen LogP contribution in [0.3, 0.4) is 0 Å². The van der Waals surface area contributed by atoms with Gasteiger partial charge in [-0.05, 0) is 18.1 Å². The number of carbonyl (C=O) groups is 1. The summed E-state index contributed by atoms with van der Waals surface area (Å²) in [6.45, 7) is 4.84. The first kappa shape index (κ1) is 14.4. The van der Waals surface area contributed by atoms with E-state index in [-0.39, 0.29) is 6.04 Å². The van der Waals surface area contributed by atoms with Crippen LogP contribution in [0.25, 0.3) is 0 Å². The largest absolute Gasteiger partial charge is 0.368 e. The monoisotopic (exact) mass is 250 g/mol. The van der Waals surface area contributed by atoms with E-state index in [1.165, 1.54) is 0 Å². The number of nitrogens with zero attached hydrogens (tertiary/aromatic N) is 1. The molecule has 0 bridgehead atoms. The highest BCUT2D eigenvalue weighted by Gasteiger charge is 2.15. The smallest absolute Gasteiger partial charge is 0.252 e. The summed E-state index contributed by atoms with van der Waals surface area (Å²) in [7, 11) is 0. The van der Waals surface area contributed by atoms with Crippen LogP contribution in [0, 0.1) is 5.92 Å². The molecule has 0 fully saturated rings. The summed E-state index contributed by atoms with van der Waals surface area (Å²) >= 11 is 0. The Labute approximate surface area is 108 Å². The first-order valence-electron chi connectivity index (χ1n) is 6.34. The zero-order valence-electron chi connectivity index (χ0n) is 11.0. The maximum absolute atomic E-state index is 11.2. The first-order chi connectivity index (χ1) is 8.60. The van der Waals surface area contributed by atoms with Crippen molar-refractivity contribution < 1.29 is 4.79 Å². The van der Waals surface area contributed by atoms with Crippen molar-refractivity contribution in [3.8, 4) is 0 Å². The first-order valence-corrected chi connectivity index (χ1v) is 6.34. The van der Waals surface area contributed by atoms with E-state index in [0.29, 0.717) is 23.8 Å². The molecule has 0 aromatic carbocycles. The molecule has 1 unspecified atom stereocenters. The van der Waals surface area contributed by atoms with Gasteiger partial charge in [0.1, 0.15) is 5.82 Å². The van der Waals surface area contributed by atoms with Crippen molar-refractivity contribution in [1.29, 1.82) is 0 Å². The van der Waals surface area contributed by atoms with Gasteiger partial charge in [0.2, 0.25) is 0 Å². The summed E-state index contributed by atoms with van der Waals surface area (Å²) < 4.78 is 0. The Morgan fingerprint density at radius 1 is 1.44 bits per heavy atom. The molecule has 0 spiro atoms. The van der Waals surface area contributed by atoms with Crippen LogP contribution in [-0.2, 0) is 0 Å². The predicted molar refractivity (Wildman–Crippen MR) is 73.3 cm³/mol. The summed E-state index contributed by atoms with van der Waals surface area (Å²) in [5.41, 5.74) is 11.8. The second-order valence-corrected chi connectivity index (χ2v) is 4.39. The molecule has 1 heterocycles. The standard InChI is InChI=1S/C13H22N4O/c1-3-9(4-2)11(14)8-17-13-10(12(15)18)6-5-7-16-13/h5-7,9,11H,3-4,8,14H2,1-2H3,(H2,15,18)(H,16,17). The van der Waals surface area contributed by atoms with Crippen LogP contribution in [0.1, 0.15) is 37.0 Å². The maximum Gasteiger partial charge on any atom is 0.252 e. The van der Waals surface area contributed by atoms with Gasteiger partial charge in [0, 0.05) is 18.8 Å². The van der Waals surface area contributed by atoms with E-state index in [0.717, 1.165) is 12.8 Å². The molecule has 1 amide bonds. The topological polar surface area (TPSA) is 94.0 Å². The number of nitrogens with one attached hydrogen (secondary N) is 1. The molecule has 5 heteroatoms. The number of aromatic nitrogens is 1. The predicted octanol–water partition coefficient (Wildman–Crippen LogP) is 1.36. The molecule has 18 heavy (non-hydrogen) atoms. The zero-order valence-corrected chi connectivity index (χ0v) is 11.0. The summed E-state index contributed by atoms with van der Waals surface area (Å²) in [6, 6.07) is 3.38. The number of hydrogen-bond acceptors (Lipinski definition) is 4. The van der Waals surface area contributed by atoms with Gasteiger partial charge in [-0.25, -0.2) is 4.98 Å². The third-order valence-electron chi connectivity index (χ3n) is 3.23. The minimum Gasteiger partial charge on any atom is -0.368 e. The minimum absolute atomic E-state index is 0.0442. The average Bonchev–Trinajstić information content (AvgIpc) is 2.38. The van der Waals surface area contributed by atoms with Crippen LogP contribution in [0.15, 0.2) is 18.3 Å². The Hall–Kier alpha value is -1.62. The molecule has 1 rings (SSSR count). The molecule has 0 aliphatic rings. The number of rotatable bonds is 7. The Kier molecular flexibility index (Phi) is 5.58. The van der Waals surface area contributed by atoms with Gasteiger partial charge in [-0.2, -0.15) is 0 Å². The van der Waals surface area contributed by atoms with Gasteiger partial charge in [-0.15, -0.1) is 0 Å². The molecule has 5 N–H and O–H groups in total. The molecule has 0 saturated carbocycles. The van der Waals surface area contributed by atoms with Crippen LogP contribution in [0.5, 0.6) is 0 Å². The van der Waals surface area contributed by atoms with Gasteiger partial charge in [0.25, 0.3) is 5.91 Å². The molecule has 1 atom stereocenters. The summed E-state index contributed by atoms with van der Waals surface area (Å²) in [5.74, 6) is 0.492. The number of nitrogens with two attached hydrogens (primary N) is 2.